The number of hydrogen-bond donors (Lipinski definition) is 2. The highest BCUT2D eigenvalue weighted by Gasteiger charge is 2.36. The molecule has 154 valence electrons. The molecule has 2 aliphatic rings. The van der Waals surface area contributed by atoms with Gasteiger partial charge in [0.25, 0.3) is 0 Å². The number of nitrogens with zero attached hydrogens (tertiary/aromatic N) is 2. The van der Waals surface area contributed by atoms with E-state index in [0.717, 1.165) is 25.1 Å². The first-order chi connectivity index (χ1) is 14.1. The minimum absolute atomic E-state index is 0.182. The fourth-order valence-electron chi connectivity index (χ4n) is 4.24. The molecule has 29 heavy (non-hydrogen) atoms. The fraction of sp³-hybridized carbons (Fsp3) is 0.455. The Morgan fingerprint density at radius 1 is 1.14 bits per heavy atom. The summed E-state index contributed by atoms with van der Waals surface area (Å²) in [5, 5.41) is 6.01. The van der Waals surface area contributed by atoms with Gasteiger partial charge in [0, 0.05) is 24.7 Å². The number of ether oxygens (including phenoxy) is 2. The Morgan fingerprint density at radius 3 is 2.83 bits per heavy atom. The van der Waals surface area contributed by atoms with Gasteiger partial charge in [0.2, 0.25) is 5.88 Å². The van der Waals surface area contributed by atoms with Gasteiger partial charge in [0.15, 0.2) is 11.5 Å². The van der Waals surface area contributed by atoms with Crippen LogP contribution >= 0.6 is 0 Å². The second-order valence-electron chi connectivity index (χ2n) is 7.73. The summed E-state index contributed by atoms with van der Waals surface area (Å²) < 4.78 is 11.2. The number of benzene rings is 1. The van der Waals surface area contributed by atoms with E-state index < -0.39 is 0 Å². The molecule has 2 amide bonds. The van der Waals surface area contributed by atoms with Crippen LogP contribution in [-0.2, 0) is 0 Å². The van der Waals surface area contributed by atoms with Crippen molar-refractivity contribution < 1.29 is 14.3 Å². The summed E-state index contributed by atoms with van der Waals surface area (Å²) in [6, 6.07) is 9.75. The Morgan fingerprint density at radius 2 is 2.03 bits per heavy atom. The molecule has 2 aromatic rings. The molecule has 4 rings (SSSR count). The van der Waals surface area contributed by atoms with Gasteiger partial charge in [0.05, 0.1) is 19.0 Å². The van der Waals surface area contributed by atoms with Gasteiger partial charge in [-0.25, -0.2) is 9.78 Å². The number of nitrogens with one attached hydrogen (secondary N) is 2. The van der Waals surface area contributed by atoms with E-state index >= 15 is 0 Å². The van der Waals surface area contributed by atoms with Crippen molar-refractivity contribution in [1.29, 1.82) is 0 Å². The largest absolute Gasteiger partial charge is 0.493 e. The summed E-state index contributed by atoms with van der Waals surface area (Å²) in [5.74, 6) is 1.69. The number of methoxy groups -OCH3 is 1. The number of pyridine rings is 1. The molecule has 1 aromatic carbocycles. The Bertz CT molecular complexity index is 856. The maximum absolute atomic E-state index is 12.4. The van der Waals surface area contributed by atoms with Crippen molar-refractivity contribution in [2.75, 3.05) is 25.5 Å². The zero-order valence-electron chi connectivity index (χ0n) is 17.0. The Kier molecular flexibility index (Phi) is 5.85. The molecule has 3 heterocycles. The molecule has 7 nitrogen and oxygen atoms in total. The lowest BCUT2D eigenvalue weighted by molar-refractivity contribution is 0.180. The second-order valence-corrected chi connectivity index (χ2v) is 7.73. The standard InChI is InChI=1S/C22H28N4O3/c1-15-6-8-19(20(13-15)28-2)29-21-9-7-16(14-23-21)24-22(27)25-17-10-12-26-11-4-3-5-18(17)26/h6-9,13-14,17-18H,3-5,10-12H2,1-2H3,(H2,24,25,27)/t17-,18+/m1/s1. The van der Waals surface area contributed by atoms with Crippen LogP contribution < -0.4 is 20.1 Å². The van der Waals surface area contributed by atoms with E-state index in [4.69, 9.17) is 9.47 Å². The maximum atomic E-state index is 12.4. The first kappa shape index (κ1) is 19.5. The highest BCUT2D eigenvalue weighted by atomic mass is 16.5. The molecule has 0 spiro atoms. The summed E-state index contributed by atoms with van der Waals surface area (Å²) in [6.45, 7) is 4.22. The number of piperidine rings is 1. The summed E-state index contributed by atoms with van der Waals surface area (Å²) in [4.78, 5) is 19.2. The van der Waals surface area contributed by atoms with E-state index in [1.165, 1.54) is 19.3 Å². The SMILES string of the molecule is COc1cc(C)ccc1Oc1ccc(NC(=O)N[C@@H]2CCN3CCCC[C@@H]23)cn1. The van der Waals surface area contributed by atoms with Gasteiger partial charge in [-0.2, -0.15) is 0 Å². The fourth-order valence-corrected chi connectivity index (χ4v) is 4.24. The first-order valence-electron chi connectivity index (χ1n) is 10.2. The van der Waals surface area contributed by atoms with Crippen LogP contribution in [-0.4, -0.2) is 48.2 Å². The van der Waals surface area contributed by atoms with Crippen molar-refractivity contribution in [3.05, 3.63) is 42.1 Å². The van der Waals surface area contributed by atoms with Crippen molar-refractivity contribution in [2.24, 2.45) is 0 Å². The summed E-state index contributed by atoms with van der Waals surface area (Å²) in [6.07, 6.45) is 6.29. The van der Waals surface area contributed by atoms with E-state index in [0.29, 0.717) is 29.1 Å². The van der Waals surface area contributed by atoms with E-state index in [9.17, 15) is 4.79 Å². The molecule has 0 radical (unpaired) electrons. The third-order valence-corrected chi connectivity index (χ3v) is 5.70. The predicted molar refractivity (Wildman–Crippen MR) is 112 cm³/mol. The third kappa shape index (κ3) is 4.62. The molecule has 2 saturated heterocycles. The van der Waals surface area contributed by atoms with Crippen LogP contribution in [0.4, 0.5) is 10.5 Å². The molecule has 2 atom stereocenters. The van der Waals surface area contributed by atoms with Crippen LogP contribution in [0.15, 0.2) is 36.5 Å². The maximum Gasteiger partial charge on any atom is 0.319 e. The minimum atomic E-state index is -0.182. The quantitative estimate of drug-likeness (QED) is 0.801. The number of aromatic nitrogens is 1. The Labute approximate surface area is 171 Å². The van der Waals surface area contributed by atoms with E-state index in [-0.39, 0.29) is 12.1 Å². The molecule has 0 saturated carbocycles. The average molecular weight is 396 g/mol. The number of urea groups is 1. The Hall–Kier alpha value is -2.80. The number of fused-ring (bicyclic) bond motifs is 1. The molecule has 0 bridgehead atoms. The molecule has 1 aromatic heterocycles. The average Bonchev–Trinajstić information content (AvgIpc) is 3.13. The number of carbonyl (C=O) groups excluding carboxylic acids is 1. The number of rotatable bonds is 5. The zero-order valence-corrected chi connectivity index (χ0v) is 17.0. The van der Waals surface area contributed by atoms with Crippen LogP contribution in [0.5, 0.6) is 17.4 Å². The first-order valence-corrected chi connectivity index (χ1v) is 10.2. The molecular weight excluding hydrogens is 368 g/mol. The van der Waals surface area contributed by atoms with Crippen molar-refractivity contribution in [3.8, 4) is 17.4 Å². The smallest absolute Gasteiger partial charge is 0.319 e. The zero-order chi connectivity index (χ0) is 20.2. The third-order valence-electron chi connectivity index (χ3n) is 5.70. The molecule has 0 unspecified atom stereocenters. The lowest BCUT2D eigenvalue weighted by Crippen LogP contribution is -2.47. The van der Waals surface area contributed by atoms with Gasteiger partial charge in [-0.3, -0.25) is 4.90 Å². The molecule has 7 heteroatoms. The van der Waals surface area contributed by atoms with Crippen molar-refractivity contribution in [3.63, 3.8) is 0 Å². The Balaban J connectivity index is 1.33. The number of hydrogen-bond acceptors (Lipinski definition) is 5. The van der Waals surface area contributed by atoms with Gasteiger partial charge >= 0.3 is 6.03 Å². The second kappa shape index (κ2) is 8.69. The van der Waals surface area contributed by atoms with Crippen LogP contribution in [0.3, 0.4) is 0 Å². The van der Waals surface area contributed by atoms with Crippen LogP contribution in [0.2, 0.25) is 0 Å². The van der Waals surface area contributed by atoms with Crippen LogP contribution in [0.25, 0.3) is 0 Å². The summed E-state index contributed by atoms with van der Waals surface area (Å²) >= 11 is 0. The minimum Gasteiger partial charge on any atom is -0.493 e. The monoisotopic (exact) mass is 396 g/mol. The van der Waals surface area contributed by atoms with E-state index in [1.54, 1.807) is 25.4 Å². The van der Waals surface area contributed by atoms with Crippen molar-refractivity contribution in [1.82, 2.24) is 15.2 Å². The highest BCUT2D eigenvalue weighted by Crippen LogP contribution is 2.31. The van der Waals surface area contributed by atoms with Gasteiger partial charge in [-0.1, -0.05) is 12.5 Å². The van der Waals surface area contributed by atoms with E-state index in [1.807, 2.05) is 25.1 Å². The van der Waals surface area contributed by atoms with Gasteiger partial charge < -0.3 is 20.1 Å². The highest BCUT2D eigenvalue weighted by molar-refractivity contribution is 5.89. The van der Waals surface area contributed by atoms with Gasteiger partial charge in [0.1, 0.15) is 0 Å². The molecule has 0 aliphatic carbocycles. The van der Waals surface area contributed by atoms with Crippen molar-refractivity contribution >= 4 is 11.7 Å². The predicted octanol–water partition coefficient (Wildman–Crippen LogP) is 3.94. The van der Waals surface area contributed by atoms with Gasteiger partial charge in [-0.05, 0) is 56.5 Å². The molecular formula is C22H28N4O3. The molecule has 2 fully saturated rings. The van der Waals surface area contributed by atoms with Crippen LogP contribution in [0.1, 0.15) is 31.2 Å². The number of amides is 2. The topological polar surface area (TPSA) is 75.7 Å². The number of carbonyl (C=O) groups is 1. The molecule has 2 N–H and O–H groups in total. The lowest BCUT2D eigenvalue weighted by Gasteiger charge is -2.32. The molecule has 2 aliphatic heterocycles. The lowest BCUT2D eigenvalue weighted by atomic mass is 9.99. The van der Waals surface area contributed by atoms with Crippen molar-refractivity contribution in [2.45, 2.75) is 44.7 Å². The van der Waals surface area contributed by atoms with E-state index in [2.05, 4.69) is 20.5 Å². The van der Waals surface area contributed by atoms with Gasteiger partial charge in [-0.15, -0.1) is 0 Å². The van der Waals surface area contributed by atoms with Crippen LogP contribution in [0, 0.1) is 6.92 Å². The summed E-state index contributed by atoms with van der Waals surface area (Å²) in [7, 11) is 1.61. The number of anilines is 1. The summed E-state index contributed by atoms with van der Waals surface area (Å²) in [5.41, 5.74) is 1.72. The number of aryl methyl sites for hydroxylation is 1. The normalized spacial score (nSPS) is 21.3.